The zero-order valence-electron chi connectivity index (χ0n) is 15.9. The molecule has 2 aromatic carbocycles. The van der Waals surface area contributed by atoms with E-state index in [1.165, 1.54) is 6.07 Å². The van der Waals surface area contributed by atoms with Crippen molar-refractivity contribution in [3.63, 3.8) is 0 Å². The van der Waals surface area contributed by atoms with Gasteiger partial charge < -0.3 is 14.4 Å². The Morgan fingerprint density at radius 3 is 2.44 bits per heavy atom. The zero-order chi connectivity index (χ0) is 19.7. The van der Waals surface area contributed by atoms with Crippen LogP contribution in [0.1, 0.15) is 36.6 Å². The average Bonchev–Trinajstić information content (AvgIpc) is 2.67. The number of carbonyl (C=O) groups is 1. The fourth-order valence-corrected chi connectivity index (χ4v) is 3.95. The summed E-state index contributed by atoms with van der Waals surface area (Å²) in [5.41, 5.74) is 2.36. The number of hydrogen-bond acceptors (Lipinski definition) is 3. The minimum Gasteiger partial charge on any atom is -0.493 e. The maximum absolute atomic E-state index is 14.8. The van der Waals surface area contributed by atoms with E-state index in [1.807, 2.05) is 26.0 Å². The van der Waals surface area contributed by atoms with Crippen LogP contribution in [0, 0.1) is 11.7 Å². The van der Waals surface area contributed by atoms with Gasteiger partial charge in [0.15, 0.2) is 11.5 Å². The molecule has 1 aliphatic rings. The molecule has 0 radical (unpaired) electrons. The van der Waals surface area contributed by atoms with E-state index in [4.69, 9.17) is 9.47 Å². The predicted molar refractivity (Wildman–Crippen MR) is 106 cm³/mol. The van der Waals surface area contributed by atoms with E-state index in [9.17, 15) is 9.18 Å². The normalized spacial score (nSPS) is 16.3. The van der Waals surface area contributed by atoms with Gasteiger partial charge in [0.25, 0.3) is 0 Å². The SMILES string of the molecule is COc1cc2c(cc1OC)C(c1cc(Br)ccc1F)N(C(=O)C(C)C)CC2. The second-order valence-electron chi connectivity index (χ2n) is 6.91. The molecule has 0 saturated heterocycles. The molecule has 0 aromatic heterocycles. The van der Waals surface area contributed by atoms with Gasteiger partial charge in [-0.3, -0.25) is 4.79 Å². The van der Waals surface area contributed by atoms with Crippen LogP contribution in [-0.4, -0.2) is 31.6 Å². The minimum atomic E-state index is -0.513. The summed E-state index contributed by atoms with van der Waals surface area (Å²) in [4.78, 5) is 14.7. The number of halogens is 2. The van der Waals surface area contributed by atoms with Crippen LogP contribution < -0.4 is 9.47 Å². The summed E-state index contributed by atoms with van der Waals surface area (Å²) in [7, 11) is 3.16. The second-order valence-corrected chi connectivity index (χ2v) is 7.83. The number of nitrogens with zero attached hydrogens (tertiary/aromatic N) is 1. The summed E-state index contributed by atoms with van der Waals surface area (Å²) < 4.78 is 26.4. The molecule has 4 nitrogen and oxygen atoms in total. The number of ether oxygens (including phenoxy) is 2. The Bertz CT molecular complexity index is 869. The molecule has 1 atom stereocenters. The minimum absolute atomic E-state index is 0.000176. The van der Waals surface area contributed by atoms with E-state index in [1.54, 1.807) is 31.3 Å². The first kappa shape index (κ1) is 19.7. The Hall–Kier alpha value is -2.08. The summed E-state index contributed by atoms with van der Waals surface area (Å²) >= 11 is 3.42. The lowest BCUT2D eigenvalue weighted by Crippen LogP contribution is -2.43. The van der Waals surface area contributed by atoms with Crippen LogP contribution in [0.15, 0.2) is 34.8 Å². The summed E-state index contributed by atoms with van der Waals surface area (Å²) in [6.07, 6.45) is 0.681. The highest BCUT2D eigenvalue weighted by atomic mass is 79.9. The highest BCUT2D eigenvalue weighted by molar-refractivity contribution is 9.10. The van der Waals surface area contributed by atoms with Gasteiger partial charge in [-0.05, 0) is 47.9 Å². The van der Waals surface area contributed by atoms with Crippen molar-refractivity contribution >= 4 is 21.8 Å². The van der Waals surface area contributed by atoms with Gasteiger partial charge in [0, 0.05) is 22.5 Å². The van der Waals surface area contributed by atoms with Gasteiger partial charge in [-0.25, -0.2) is 4.39 Å². The average molecular weight is 436 g/mol. The molecule has 1 heterocycles. The molecule has 1 amide bonds. The number of benzene rings is 2. The summed E-state index contributed by atoms with van der Waals surface area (Å²) in [6.45, 7) is 4.25. The van der Waals surface area contributed by atoms with Crippen molar-refractivity contribution < 1.29 is 18.7 Å². The first-order valence-electron chi connectivity index (χ1n) is 8.87. The van der Waals surface area contributed by atoms with Gasteiger partial charge in [-0.1, -0.05) is 29.8 Å². The largest absolute Gasteiger partial charge is 0.493 e. The summed E-state index contributed by atoms with van der Waals surface area (Å²) in [5.74, 6) is 0.681. The molecule has 27 heavy (non-hydrogen) atoms. The van der Waals surface area contributed by atoms with Crippen LogP contribution >= 0.6 is 15.9 Å². The third-order valence-electron chi connectivity index (χ3n) is 4.90. The van der Waals surface area contributed by atoms with Crippen molar-refractivity contribution in [1.29, 1.82) is 0 Å². The van der Waals surface area contributed by atoms with Crippen LogP contribution in [0.4, 0.5) is 4.39 Å². The number of hydrogen-bond donors (Lipinski definition) is 0. The van der Waals surface area contributed by atoms with Crippen molar-refractivity contribution in [1.82, 2.24) is 4.90 Å². The van der Waals surface area contributed by atoms with Crippen LogP contribution in [0.25, 0.3) is 0 Å². The summed E-state index contributed by atoms with van der Waals surface area (Å²) in [6, 6.07) is 8.10. The molecule has 0 aliphatic carbocycles. The van der Waals surface area contributed by atoms with Crippen LogP contribution in [-0.2, 0) is 11.2 Å². The van der Waals surface area contributed by atoms with Gasteiger partial charge in [0.05, 0.1) is 20.3 Å². The molecule has 0 N–H and O–H groups in total. The Balaban J connectivity index is 2.23. The molecule has 1 aliphatic heterocycles. The fourth-order valence-electron chi connectivity index (χ4n) is 3.57. The first-order valence-corrected chi connectivity index (χ1v) is 9.66. The Labute approximate surface area is 167 Å². The van der Waals surface area contributed by atoms with Crippen LogP contribution in [0.2, 0.25) is 0 Å². The number of rotatable bonds is 4. The standard InChI is InChI=1S/C21H23BrFNO3/c1-12(2)21(25)24-8-7-13-9-18(26-3)19(27-4)11-15(13)20(24)16-10-14(22)5-6-17(16)23/h5-6,9-12,20H,7-8H2,1-4H3. The molecule has 0 saturated carbocycles. The molecule has 2 aromatic rings. The van der Waals surface area contributed by atoms with Gasteiger partial charge >= 0.3 is 0 Å². The predicted octanol–water partition coefficient (Wildman–Crippen LogP) is 4.74. The lowest BCUT2D eigenvalue weighted by molar-refractivity contribution is -0.136. The quantitative estimate of drug-likeness (QED) is 0.696. The molecule has 3 rings (SSSR count). The van der Waals surface area contributed by atoms with Crippen LogP contribution in [0.3, 0.4) is 0 Å². The third kappa shape index (κ3) is 3.68. The van der Waals surface area contributed by atoms with Gasteiger partial charge in [0.1, 0.15) is 5.82 Å². The van der Waals surface area contributed by atoms with E-state index in [2.05, 4.69) is 15.9 Å². The number of fused-ring (bicyclic) bond motifs is 1. The molecule has 0 fully saturated rings. The molecule has 0 spiro atoms. The van der Waals surface area contributed by atoms with E-state index < -0.39 is 6.04 Å². The van der Waals surface area contributed by atoms with Gasteiger partial charge in [-0.15, -0.1) is 0 Å². The highest BCUT2D eigenvalue weighted by Crippen LogP contribution is 2.42. The maximum atomic E-state index is 14.8. The Kier molecular flexibility index (Phi) is 5.75. The maximum Gasteiger partial charge on any atom is 0.225 e. The van der Waals surface area contributed by atoms with Crippen molar-refractivity contribution in [3.8, 4) is 11.5 Å². The molecular formula is C21H23BrFNO3. The third-order valence-corrected chi connectivity index (χ3v) is 5.40. The van der Waals surface area contributed by atoms with E-state index in [0.717, 1.165) is 15.6 Å². The van der Waals surface area contributed by atoms with Crippen molar-refractivity contribution in [2.24, 2.45) is 5.92 Å². The van der Waals surface area contributed by atoms with Crippen LogP contribution in [0.5, 0.6) is 11.5 Å². The van der Waals surface area contributed by atoms with Crippen molar-refractivity contribution in [3.05, 3.63) is 57.3 Å². The first-order chi connectivity index (χ1) is 12.9. The monoisotopic (exact) mass is 435 g/mol. The second kappa shape index (κ2) is 7.89. The van der Waals surface area contributed by atoms with E-state index in [-0.39, 0.29) is 17.6 Å². The fraction of sp³-hybridized carbons (Fsp3) is 0.381. The van der Waals surface area contributed by atoms with E-state index >= 15 is 0 Å². The Morgan fingerprint density at radius 2 is 1.81 bits per heavy atom. The lowest BCUT2D eigenvalue weighted by Gasteiger charge is -2.39. The van der Waals surface area contributed by atoms with Crippen molar-refractivity contribution in [2.75, 3.05) is 20.8 Å². The zero-order valence-corrected chi connectivity index (χ0v) is 17.5. The van der Waals surface area contributed by atoms with E-state index in [0.29, 0.717) is 30.0 Å². The Morgan fingerprint density at radius 1 is 1.15 bits per heavy atom. The smallest absolute Gasteiger partial charge is 0.225 e. The lowest BCUT2D eigenvalue weighted by atomic mass is 9.86. The topological polar surface area (TPSA) is 38.8 Å². The van der Waals surface area contributed by atoms with Gasteiger partial charge in [0.2, 0.25) is 5.91 Å². The molecule has 0 bridgehead atoms. The molecule has 1 unspecified atom stereocenters. The summed E-state index contributed by atoms with van der Waals surface area (Å²) in [5, 5.41) is 0. The number of carbonyl (C=O) groups excluding carboxylic acids is 1. The highest BCUT2D eigenvalue weighted by Gasteiger charge is 2.35. The molecule has 144 valence electrons. The number of methoxy groups -OCH3 is 2. The molecular weight excluding hydrogens is 413 g/mol. The van der Waals surface area contributed by atoms with Gasteiger partial charge in [-0.2, -0.15) is 0 Å². The number of amides is 1. The molecule has 6 heteroatoms. The van der Waals surface area contributed by atoms with Crippen molar-refractivity contribution in [2.45, 2.75) is 26.3 Å².